The molecule has 2 fully saturated rings. The van der Waals surface area contributed by atoms with E-state index in [0.717, 1.165) is 37.1 Å². The third-order valence-corrected chi connectivity index (χ3v) is 5.61. The van der Waals surface area contributed by atoms with Crippen LogP contribution in [0.15, 0.2) is 18.2 Å². The standard InChI is InChI=1S/C18H24N4OS/c23-18(19-15-5-6-15)8-4-13-2-1-9-22(11-13)12-14-3-7-16-17(10-14)21-24-20-16/h3,7,10,13,15H,1-2,4-6,8-9,11-12H2,(H,19,23)/t13-/m0/s1. The first kappa shape index (κ1) is 16.0. The Balaban J connectivity index is 1.28. The van der Waals surface area contributed by atoms with Gasteiger partial charge in [0.2, 0.25) is 5.91 Å². The summed E-state index contributed by atoms with van der Waals surface area (Å²) in [4.78, 5) is 14.4. The summed E-state index contributed by atoms with van der Waals surface area (Å²) in [5.74, 6) is 0.893. The second kappa shape index (κ2) is 7.15. The number of fused-ring (bicyclic) bond motifs is 1. The van der Waals surface area contributed by atoms with Crippen LogP contribution in [-0.2, 0) is 11.3 Å². The Morgan fingerprint density at radius 1 is 1.25 bits per heavy atom. The number of carbonyl (C=O) groups excluding carboxylic acids is 1. The molecule has 4 rings (SSSR count). The lowest BCUT2D eigenvalue weighted by molar-refractivity contribution is -0.121. The minimum atomic E-state index is 0.246. The Morgan fingerprint density at radius 2 is 2.12 bits per heavy atom. The van der Waals surface area contributed by atoms with Gasteiger partial charge >= 0.3 is 0 Å². The number of rotatable bonds is 6. The number of hydrogen-bond donors (Lipinski definition) is 1. The van der Waals surface area contributed by atoms with Gasteiger partial charge in [-0.1, -0.05) is 6.07 Å². The van der Waals surface area contributed by atoms with Gasteiger partial charge in [-0.2, -0.15) is 8.75 Å². The molecule has 1 N–H and O–H groups in total. The van der Waals surface area contributed by atoms with Crippen LogP contribution in [0.5, 0.6) is 0 Å². The van der Waals surface area contributed by atoms with Gasteiger partial charge in [0.15, 0.2) is 0 Å². The summed E-state index contributed by atoms with van der Waals surface area (Å²) in [6, 6.07) is 6.87. The zero-order chi connectivity index (χ0) is 16.4. The fourth-order valence-electron chi connectivity index (χ4n) is 3.58. The van der Waals surface area contributed by atoms with E-state index in [4.69, 9.17) is 0 Å². The fraction of sp³-hybridized carbons (Fsp3) is 0.611. The maximum atomic E-state index is 11.9. The van der Waals surface area contributed by atoms with Gasteiger partial charge in [-0.15, -0.1) is 0 Å². The van der Waals surface area contributed by atoms with Crippen LogP contribution in [0, 0.1) is 5.92 Å². The van der Waals surface area contributed by atoms with Crippen molar-refractivity contribution in [3.63, 3.8) is 0 Å². The molecular formula is C18H24N4OS. The maximum absolute atomic E-state index is 11.9. The molecule has 0 radical (unpaired) electrons. The second-order valence-electron chi connectivity index (χ2n) is 7.21. The summed E-state index contributed by atoms with van der Waals surface area (Å²) in [6.45, 7) is 3.22. The molecule has 24 heavy (non-hydrogen) atoms. The molecular weight excluding hydrogens is 320 g/mol. The first-order chi connectivity index (χ1) is 11.8. The second-order valence-corrected chi connectivity index (χ2v) is 7.74. The van der Waals surface area contributed by atoms with Crippen molar-refractivity contribution >= 4 is 28.7 Å². The van der Waals surface area contributed by atoms with Crippen molar-refractivity contribution in [2.45, 2.75) is 51.1 Å². The van der Waals surface area contributed by atoms with E-state index < -0.39 is 0 Å². The molecule has 2 aromatic rings. The quantitative estimate of drug-likeness (QED) is 0.875. The lowest BCUT2D eigenvalue weighted by atomic mass is 9.93. The van der Waals surface area contributed by atoms with Crippen molar-refractivity contribution < 1.29 is 4.79 Å². The molecule has 1 aromatic carbocycles. The lowest BCUT2D eigenvalue weighted by Crippen LogP contribution is -2.35. The van der Waals surface area contributed by atoms with E-state index in [9.17, 15) is 4.79 Å². The molecule has 6 heteroatoms. The summed E-state index contributed by atoms with van der Waals surface area (Å²) in [6.07, 6.45) is 6.52. The molecule has 1 aromatic heterocycles. The molecule has 1 aliphatic heterocycles. The third kappa shape index (κ3) is 4.11. The van der Waals surface area contributed by atoms with Gasteiger partial charge in [0.1, 0.15) is 11.0 Å². The van der Waals surface area contributed by atoms with Crippen molar-refractivity contribution in [2.24, 2.45) is 5.92 Å². The summed E-state index contributed by atoms with van der Waals surface area (Å²) in [7, 11) is 0. The first-order valence-corrected chi connectivity index (χ1v) is 9.72. The number of nitrogens with zero attached hydrogens (tertiary/aromatic N) is 3. The molecule has 1 atom stereocenters. The molecule has 0 spiro atoms. The molecule has 2 aliphatic rings. The highest BCUT2D eigenvalue weighted by Crippen LogP contribution is 2.24. The van der Waals surface area contributed by atoms with Crippen LogP contribution in [0.4, 0.5) is 0 Å². The predicted octanol–water partition coefficient (Wildman–Crippen LogP) is 2.96. The van der Waals surface area contributed by atoms with Crippen LogP contribution in [0.2, 0.25) is 0 Å². The van der Waals surface area contributed by atoms with Crippen molar-refractivity contribution in [1.29, 1.82) is 0 Å². The highest BCUT2D eigenvalue weighted by Gasteiger charge is 2.24. The van der Waals surface area contributed by atoms with Crippen LogP contribution in [0.3, 0.4) is 0 Å². The highest BCUT2D eigenvalue weighted by molar-refractivity contribution is 7.00. The van der Waals surface area contributed by atoms with Crippen molar-refractivity contribution in [3.05, 3.63) is 23.8 Å². The number of likely N-dealkylation sites (tertiary alicyclic amines) is 1. The van der Waals surface area contributed by atoms with Crippen LogP contribution in [0.25, 0.3) is 11.0 Å². The van der Waals surface area contributed by atoms with Crippen molar-refractivity contribution in [3.8, 4) is 0 Å². The van der Waals surface area contributed by atoms with Crippen molar-refractivity contribution in [1.82, 2.24) is 19.0 Å². The number of amides is 1. The predicted molar refractivity (Wildman–Crippen MR) is 95.8 cm³/mol. The third-order valence-electron chi connectivity index (χ3n) is 5.05. The fourth-order valence-corrected chi connectivity index (χ4v) is 4.09. The molecule has 5 nitrogen and oxygen atoms in total. The summed E-state index contributed by atoms with van der Waals surface area (Å²) in [5, 5.41) is 3.09. The van der Waals surface area contributed by atoms with Gasteiger partial charge in [0.05, 0.1) is 11.7 Å². The van der Waals surface area contributed by atoms with Gasteiger partial charge in [0, 0.05) is 25.6 Å². The Labute approximate surface area is 146 Å². The Hall–Kier alpha value is -1.53. The average Bonchev–Trinajstić information content (AvgIpc) is 3.27. The number of nitrogens with one attached hydrogen (secondary N) is 1. The van der Waals surface area contributed by atoms with Gasteiger partial charge < -0.3 is 5.32 Å². The minimum absolute atomic E-state index is 0.246. The number of piperidine rings is 1. The average molecular weight is 344 g/mol. The normalized spacial score (nSPS) is 21.9. The number of benzene rings is 1. The van der Waals surface area contributed by atoms with Gasteiger partial charge in [-0.05, 0) is 62.3 Å². The number of aromatic nitrogens is 2. The van der Waals surface area contributed by atoms with Crippen LogP contribution in [0.1, 0.15) is 44.1 Å². The number of carbonyl (C=O) groups is 1. The Morgan fingerprint density at radius 3 is 3.00 bits per heavy atom. The molecule has 0 unspecified atom stereocenters. The molecule has 1 saturated heterocycles. The van der Waals surface area contributed by atoms with Crippen LogP contribution >= 0.6 is 11.7 Å². The minimum Gasteiger partial charge on any atom is -0.353 e. The van der Waals surface area contributed by atoms with Gasteiger partial charge in [-0.25, -0.2) is 0 Å². The summed E-state index contributed by atoms with van der Waals surface area (Å²) < 4.78 is 8.60. The Kier molecular flexibility index (Phi) is 4.76. The highest BCUT2D eigenvalue weighted by atomic mass is 32.1. The maximum Gasteiger partial charge on any atom is 0.220 e. The van der Waals surface area contributed by atoms with E-state index in [0.29, 0.717) is 18.4 Å². The zero-order valence-corrected chi connectivity index (χ0v) is 14.7. The van der Waals surface area contributed by atoms with Crippen molar-refractivity contribution in [2.75, 3.05) is 13.1 Å². The van der Waals surface area contributed by atoms with Crippen LogP contribution in [-0.4, -0.2) is 38.7 Å². The van der Waals surface area contributed by atoms with Gasteiger partial charge in [-0.3, -0.25) is 9.69 Å². The van der Waals surface area contributed by atoms with E-state index in [-0.39, 0.29) is 5.91 Å². The largest absolute Gasteiger partial charge is 0.353 e. The first-order valence-electron chi connectivity index (χ1n) is 8.99. The molecule has 2 heterocycles. The smallest absolute Gasteiger partial charge is 0.220 e. The monoisotopic (exact) mass is 344 g/mol. The molecule has 128 valence electrons. The SMILES string of the molecule is O=C(CC[C@@H]1CCCN(Cc2ccc3nsnc3c2)C1)NC1CC1. The lowest BCUT2D eigenvalue weighted by Gasteiger charge is -2.32. The van der Waals surface area contributed by atoms with E-state index in [1.807, 2.05) is 0 Å². The summed E-state index contributed by atoms with van der Waals surface area (Å²) >= 11 is 1.27. The number of hydrogen-bond acceptors (Lipinski definition) is 5. The topological polar surface area (TPSA) is 58.1 Å². The zero-order valence-electron chi connectivity index (χ0n) is 13.9. The van der Waals surface area contributed by atoms with Crippen LogP contribution < -0.4 is 5.32 Å². The van der Waals surface area contributed by atoms with Gasteiger partial charge in [0.25, 0.3) is 0 Å². The van der Waals surface area contributed by atoms with E-state index in [1.165, 1.54) is 43.0 Å². The molecule has 0 bridgehead atoms. The van der Waals surface area contributed by atoms with E-state index in [2.05, 4.69) is 37.2 Å². The van der Waals surface area contributed by atoms with E-state index in [1.54, 1.807) is 0 Å². The molecule has 1 aliphatic carbocycles. The van der Waals surface area contributed by atoms with E-state index >= 15 is 0 Å². The molecule has 1 amide bonds. The molecule has 1 saturated carbocycles. The summed E-state index contributed by atoms with van der Waals surface area (Å²) in [5.41, 5.74) is 3.30. The Bertz CT molecular complexity index is 712.